The van der Waals surface area contributed by atoms with E-state index in [4.69, 9.17) is 4.74 Å². The first-order chi connectivity index (χ1) is 8.38. The van der Waals surface area contributed by atoms with Crippen molar-refractivity contribution in [2.24, 2.45) is 0 Å². The molecule has 17 heavy (non-hydrogen) atoms. The standard InChI is InChI=1S/C12H14N4O/c1-17-12-3-2-10(6-15-12)16-8-14-7-11(16)9-4-13-5-9/h2-3,6-9,13H,4-5H2,1H3. The third kappa shape index (κ3) is 1.78. The molecule has 2 aromatic rings. The Bertz CT molecular complexity index is 501. The average Bonchev–Trinajstić information content (AvgIpc) is 2.76. The number of rotatable bonds is 3. The van der Waals surface area contributed by atoms with Gasteiger partial charge in [0.05, 0.1) is 25.3 Å². The van der Waals surface area contributed by atoms with Crippen LogP contribution in [0.3, 0.4) is 0 Å². The molecule has 0 saturated carbocycles. The molecule has 0 aliphatic carbocycles. The Labute approximate surface area is 99.5 Å². The number of hydrogen-bond acceptors (Lipinski definition) is 4. The molecule has 5 nitrogen and oxygen atoms in total. The predicted molar refractivity (Wildman–Crippen MR) is 63.5 cm³/mol. The highest BCUT2D eigenvalue weighted by molar-refractivity contribution is 5.34. The average molecular weight is 230 g/mol. The van der Waals surface area contributed by atoms with Gasteiger partial charge in [0.25, 0.3) is 0 Å². The van der Waals surface area contributed by atoms with E-state index in [-0.39, 0.29) is 0 Å². The summed E-state index contributed by atoms with van der Waals surface area (Å²) < 4.78 is 7.13. The fourth-order valence-electron chi connectivity index (χ4n) is 1.96. The van der Waals surface area contributed by atoms with Crippen molar-refractivity contribution in [2.75, 3.05) is 20.2 Å². The number of nitrogens with zero attached hydrogens (tertiary/aromatic N) is 3. The Kier molecular flexibility index (Phi) is 2.53. The quantitative estimate of drug-likeness (QED) is 0.853. The highest BCUT2D eigenvalue weighted by Crippen LogP contribution is 2.22. The van der Waals surface area contributed by atoms with Crippen LogP contribution in [0.4, 0.5) is 0 Å². The third-order valence-corrected chi connectivity index (χ3v) is 3.07. The van der Waals surface area contributed by atoms with Crippen LogP contribution in [-0.2, 0) is 0 Å². The number of ether oxygens (including phenoxy) is 1. The number of hydrogen-bond donors (Lipinski definition) is 1. The van der Waals surface area contributed by atoms with Gasteiger partial charge in [-0.3, -0.25) is 0 Å². The van der Waals surface area contributed by atoms with Gasteiger partial charge >= 0.3 is 0 Å². The lowest BCUT2D eigenvalue weighted by molar-refractivity contribution is 0.397. The number of pyridine rings is 1. The number of aromatic nitrogens is 3. The van der Waals surface area contributed by atoms with Crippen LogP contribution in [0, 0.1) is 0 Å². The summed E-state index contributed by atoms with van der Waals surface area (Å²) in [6.07, 6.45) is 5.56. The lowest BCUT2D eigenvalue weighted by Crippen LogP contribution is -2.40. The third-order valence-electron chi connectivity index (χ3n) is 3.07. The van der Waals surface area contributed by atoms with E-state index in [0.29, 0.717) is 11.8 Å². The van der Waals surface area contributed by atoms with E-state index in [1.807, 2.05) is 24.7 Å². The molecule has 3 rings (SSSR count). The molecule has 2 aromatic heterocycles. The molecule has 3 heterocycles. The normalized spacial score (nSPS) is 15.6. The predicted octanol–water partition coefficient (Wildman–Crippen LogP) is 0.963. The van der Waals surface area contributed by atoms with Crippen LogP contribution in [0.2, 0.25) is 0 Å². The van der Waals surface area contributed by atoms with E-state index in [9.17, 15) is 0 Å². The van der Waals surface area contributed by atoms with Gasteiger partial charge in [0, 0.05) is 37.0 Å². The Hall–Kier alpha value is -1.88. The molecule has 1 aliphatic heterocycles. The SMILES string of the molecule is COc1ccc(-n2cncc2C2CNC2)cn1. The van der Waals surface area contributed by atoms with E-state index in [1.54, 1.807) is 13.3 Å². The van der Waals surface area contributed by atoms with E-state index in [0.717, 1.165) is 18.8 Å². The summed E-state index contributed by atoms with van der Waals surface area (Å²) in [7, 11) is 1.62. The van der Waals surface area contributed by atoms with Crippen molar-refractivity contribution in [3.63, 3.8) is 0 Å². The van der Waals surface area contributed by atoms with Crippen molar-refractivity contribution >= 4 is 0 Å². The van der Waals surface area contributed by atoms with Crippen molar-refractivity contribution in [3.05, 3.63) is 36.5 Å². The minimum absolute atomic E-state index is 0.555. The van der Waals surface area contributed by atoms with E-state index in [1.165, 1.54) is 5.69 Å². The van der Waals surface area contributed by atoms with Gasteiger partial charge in [-0.15, -0.1) is 0 Å². The molecular formula is C12H14N4O. The summed E-state index contributed by atoms with van der Waals surface area (Å²) in [6, 6.07) is 3.85. The Morgan fingerprint density at radius 2 is 2.24 bits per heavy atom. The van der Waals surface area contributed by atoms with Gasteiger partial charge in [0.2, 0.25) is 5.88 Å². The van der Waals surface area contributed by atoms with Gasteiger partial charge < -0.3 is 14.6 Å². The zero-order chi connectivity index (χ0) is 11.7. The Morgan fingerprint density at radius 1 is 1.35 bits per heavy atom. The van der Waals surface area contributed by atoms with Crippen LogP contribution < -0.4 is 10.1 Å². The molecule has 1 aliphatic rings. The molecular weight excluding hydrogens is 216 g/mol. The maximum atomic E-state index is 5.05. The molecule has 0 atom stereocenters. The molecule has 0 aromatic carbocycles. The molecule has 0 radical (unpaired) electrons. The molecule has 1 fully saturated rings. The molecule has 1 N–H and O–H groups in total. The van der Waals surface area contributed by atoms with Crippen LogP contribution in [-0.4, -0.2) is 34.7 Å². The van der Waals surface area contributed by atoms with Crippen molar-refractivity contribution in [3.8, 4) is 11.6 Å². The molecule has 0 amide bonds. The summed E-state index contributed by atoms with van der Waals surface area (Å²) in [5.74, 6) is 1.18. The van der Waals surface area contributed by atoms with Crippen LogP contribution in [0.5, 0.6) is 5.88 Å². The van der Waals surface area contributed by atoms with E-state index < -0.39 is 0 Å². The lowest BCUT2D eigenvalue weighted by atomic mass is 10.00. The second-order valence-corrected chi connectivity index (χ2v) is 4.10. The monoisotopic (exact) mass is 230 g/mol. The highest BCUT2D eigenvalue weighted by Gasteiger charge is 2.22. The van der Waals surface area contributed by atoms with Crippen molar-refractivity contribution < 1.29 is 4.74 Å². The van der Waals surface area contributed by atoms with Gasteiger partial charge in [-0.25, -0.2) is 9.97 Å². The minimum Gasteiger partial charge on any atom is -0.481 e. The maximum Gasteiger partial charge on any atom is 0.213 e. The van der Waals surface area contributed by atoms with E-state index >= 15 is 0 Å². The molecule has 1 saturated heterocycles. The van der Waals surface area contributed by atoms with Crippen LogP contribution in [0.15, 0.2) is 30.9 Å². The molecule has 0 spiro atoms. The maximum absolute atomic E-state index is 5.05. The summed E-state index contributed by atoms with van der Waals surface area (Å²) in [5.41, 5.74) is 2.25. The van der Waals surface area contributed by atoms with Crippen LogP contribution in [0.25, 0.3) is 5.69 Å². The fraction of sp³-hybridized carbons (Fsp3) is 0.333. The number of methoxy groups -OCH3 is 1. The van der Waals surface area contributed by atoms with Gasteiger partial charge in [0.15, 0.2) is 0 Å². The summed E-state index contributed by atoms with van der Waals surface area (Å²) in [4.78, 5) is 8.43. The van der Waals surface area contributed by atoms with Gasteiger partial charge in [-0.1, -0.05) is 0 Å². The number of nitrogens with one attached hydrogen (secondary N) is 1. The van der Waals surface area contributed by atoms with Crippen molar-refractivity contribution in [2.45, 2.75) is 5.92 Å². The minimum atomic E-state index is 0.555. The van der Waals surface area contributed by atoms with Crippen LogP contribution >= 0.6 is 0 Å². The zero-order valence-corrected chi connectivity index (χ0v) is 9.63. The second-order valence-electron chi connectivity index (χ2n) is 4.10. The molecule has 88 valence electrons. The summed E-state index contributed by atoms with van der Waals surface area (Å²) >= 11 is 0. The topological polar surface area (TPSA) is 52.0 Å². The van der Waals surface area contributed by atoms with Gasteiger partial charge in [0.1, 0.15) is 0 Å². The first kappa shape index (κ1) is 10.3. The fourth-order valence-corrected chi connectivity index (χ4v) is 1.96. The van der Waals surface area contributed by atoms with E-state index in [2.05, 4.69) is 19.9 Å². The van der Waals surface area contributed by atoms with Crippen molar-refractivity contribution in [1.29, 1.82) is 0 Å². The highest BCUT2D eigenvalue weighted by atomic mass is 16.5. The Balaban J connectivity index is 1.94. The van der Waals surface area contributed by atoms with Gasteiger partial charge in [-0.2, -0.15) is 0 Å². The smallest absolute Gasteiger partial charge is 0.213 e. The summed E-state index contributed by atoms with van der Waals surface area (Å²) in [5, 5.41) is 3.27. The van der Waals surface area contributed by atoms with Gasteiger partial charge in [-0.05, 0) is 6.07 Å². The Morgan fingerprint density at radius 3 is 2.82 bits per heavy atom. The lowest BCUT2D eigenvalue weighted by Gasteiger charge is -2.27. The second kappa shape index (κ2) is 4.18. The van der Waals surface area contributed by atoms with Crippen molar-refractivity contribution in [1.82, 2.24) is 19.9 Å². The first-order valence-corrected chi connectivity index (χ1v) is 5.62. The largest absolute Gasteiger partial charge is 0.481 e. The molecule has 5 heteroatoms. The number of imidazole rings is 1. The zero-order valence-electron chi connectivity index (χ0n) is 9.63. The molecule has 0 bridgehead atoms. The molecule has 0 unspecified atom stereocenters. The summed E-state index contributed by atoms with van der Waals surface area (Å²) in [6.45, 7) is 2.05. The first-order valence-electron chi connectivity index (χ1n) is 5.62. The van der Waals surface area contributed by atoms with Crippen LogP contribution in [0.1, 0.15) is 11.6 Å².